The van der Waals surface area contributed by atoms with Crippen molar-refractivity contribution in [3.8, 4) is 5.75 Å². The number of amides is 1. The minimum Gasteiger partial charge on any atom is -0.508 e. The molecular formula is C24H24FN5O3. The predicted molar refractivity (Wildman–Crippen MR) is 125 cm³/mol. The SMILES string of the molecule is O=C(N/N=C\c1cccc(O)c1)c1cn(C2CC2)c2cc(N3CCNCC3)c(F)cc2c1=O. The van der Waals surface area contributed by atoms with Gasteiger partial charge >= 0.3 is 0 Å². The van der Waals surface area contributed by atoms with Crippen LogP contribution in [0, 0.1) is 5.82 Å². The highest BCUT2D eigenvalue weighted by molar-refractivity contribution is 5.98. The lowest BCUT2D eigenvalue weighted by Gasteiger charge is -2.30. The van der Waals surface area contributed by atoms with Gasteiger partial charge in [0, 0.05) is 43.8 Å². The van der Waals surface area contributed by atoms with Gasteiger partial charge in [0.15, 0.2) is 0 Å². The summed E-state index contributed by atoms with van der Waals surface area (Å²) in [6, 6.07) is 9.54. The van der Waals surface area contributed by atoms with Crippen LogP contribution in [0.25, 0.3) is 10.9 Å². The molecule has 0 atom stereocenters. The molecule has 1 aromatic heterocycles. The largest absolute Gasteiger partial charge is 0.508 e. The van der Waals surface area contributed by atoms with E-state index in [1.807, 2.05) is 9.47 Å². The summed E-state index contributed by atoms with van der Waals surface area (Å²) in [5.41, 5.74) is 3.45. The molecule has 0 radical (unpaired) electrons. The van der Waals surface area contributed by atoms with Crippen molar-refractivity contribution in [3.63, 3.8) is 0 Å². The van der Waals surface area contributed by atoms with Crippen molar-refractivity contribution in [1.29, 1.82) is 0 Å². The summed E-state index contributed by atoms with van der Waals surface area (Å²) >= 11 is 0. The van der Waals surface area contributed by atoms with E-state index in [0.29, 0.717) is 29.9 Å². The zero-order chi connectivity index (χ0) is 22.9. The van der Waals surface area contributed by atoms with Crippen molar-refractivity contribution in [2.45, 2.75) is 18.9 Å². The van der Waals surface area contributed by atoms with Crippen molar-refractivity contribution in [3.05, 3.63) is 69.8 Å². The van der Waals surface area contributed by atoms with E-state index in [-0.39, 0.29) is 22.7 Å². The lowest BCUT2D eigenvalue weighted by Crippen LogP contribution is -2.43. The fraction of sp³-hybridized carbons (Fsp3) is 0.292. The Labute approximate surface area is 189 Å². The number of phenols is 1. The second-order valence-electron chi connectivity index (χ2n) is 8.36. The average molecular weight is 449 g/mol. The molecule has 3 aromatic rings. The Morgan fingerprint density at radius 2 is 2.00 bits per heavy atom. The third kappa shape index (κ3) is 4.31. The third-order valence-electron chi connectivity index (χ3n) is 5.99. The van der Waals surface area contributed by atoms with Gasteiger partial charge in [-0.25, -0.2) is 9.82 Å². The number of pyridine rings is 1. The molecule has 2 aromatic carbocycles. The number of rotatable bonds is 5. The van der Waals surface area contributed by atoms with Gasteiger partial charge in [0.25, 0.3) is 5.91 Å². The zero-order valence-corrected chi connectivity index (χ0v) is 17.9. The Balaban J connectivity index is 1.50. The van der Waals surface area contributed by atoms with Gasteiger partial charge in [-0.15, -0.1) is 0 Å². The molecule has 1 aliphatic carbocycles. The molecule has 5 rings (SSSR count). The van der Waals surface area contributed by atoms with Gasteiger partial charge < -0.3 is 19.9 Å². The maximum atomic E-state index is 15.0. The van der Waals surface area contributed by atoms with Gasteiger partial charge in [0.2, 0.25) is 5.43 Å². The first-order valence-corrected chi connectivity index (χ1v) is 11.0. The number of aromatic nitrogens is 1. The number of piperazine rings is 1. The van der Waals surface area contributed by atoms with Gasteiger partial charge in [-0.05, 0) is 42.7 Å². The number of carbonyl (C=O) groups excluding carboxylic acids is 1. The van der Waals surface area contributed by atoms with Crippen molar-refractivity contribution in [2.24, 2.45) is 5.10 Å². The highest BCUT2D eigenvalue weighted by Crippen LogP contribution is 2.38. The number of anilines is 1. The summed E-state index contributed by atoms with van der Waals surface area (Å²) in [7, 11) is 0. The molecule has 33 heavy (non-hydrogen) atoms. The van der Waals surface area contributed by atoms with E-state index in [1.54, 1.807) is 24.4 Å². The summed E-state index contributed by atoms with van der Waals surface area (Å²) in [6.45, 7) is 2.92. The first-order valence-electron chi connectivity index (χ1n) is 11.0. The van der Waals surface area contributed by atoms with E-state index in [1.165, 1.54) is 24.4 Å². The van der Waals surface area contributed by atoms with Crippen LogP contribution in [0.15, 0.2) is 52.5 Å². The van der Waals surface area contributed by atoms with Gasteiger partial charge in [0.05, 0.1) is 17.4 Å². The van der Waals surface area contributed by atoms with Gasteiger partial charge in [0.1, 0.15) is 17.1 Å². The fourth-order valence-electron chi connectivity index (χ4n) is 4.15. The number of phenolic OH excluding ortho intramolecular Hbond substituents is 1. The third-order valence-corrected chi connectivity index (χ3v) is 5.99. The van der Waals surface area contributed by atoms with E-state index < -0.39 is 17.2 Å². The number of carbonyl (C=O) groups is 1. The lowest BCUT2D eigenvalue weighted by atomic mass is 10.1. The van der Waals surface area contributed by atoms with Crippen LogP contribution in [0.3, 0.4) is 0 Å². The Hall–Kier alpha value is -3.72. The number of halogens is 1. The molecule has 1 saturated carbocycles. The molecule has 3 N–H and O–H groups in total. The number of hydrazone groups is 1. The topological polar surface area (TPSA) is 99.0 Å². The van der Waals surface area contributed by atoms with Crippen molar-refractivity contribution >= 4 is 28.7 Å². The van der Waals surface area contributed by atoms with Crippen LogP contribution in [-0.2, 0) is 0 Å². The first kappa shape index (κ1) is 21.1. The van der Waals surface area contributed by atoms with Crippen LogP contribution in [0.4, 0.5) is 10.1 Å². The smallest absolute Gasteiger partial charge is 0.276 e. The number of fused-ring (bicyclic) bond motifs is 1. The summed E-state index contributed by atoms with van der Waals surface area (Å²) in [6.07, 6.45) is 4.81. The molecular weight excluding hydrogens is 425 g/mol. The van der Waals surface area contributed by atoms with Crippen molar-refractivity contribution < 1.29 is 14.3 Å². The normalized spacial score (nSPS) is 16.5. The van der Waals surface area contributed by atoms with Crippen LogP contribution in [0.1, 0.15) is 34.8 Å². The van der Waals surface area contributed by atoms with E-state index >= 15 is 4.39 Å². The zero-order valence-electron chi connectivity index (χ0n) is 17.9. The number of nitrogens with zero attached hydrogens (tertiary/aromatic N) is 3. The molecule has 1 aliphatic heterocycles. The minimum atomic E-state index is -0.667. The maximum absolute atomic E-state index is 15.0. The molecule has 2 heterocycles. The maximum Gasteiger partial charge on any atom is 0.276 e. The Bertz CT molecular complexity index is 1310. The summed E-state index contributed by atoms with van der Waals surface area (Å²) in [4.78, 5) is 27.9. The predicted octanol–water partition coefficient (Wildman–Crippen LogP) is 2.35. The molecule has 9 heteroatoms. The van der Waals surface area contributed by atoms with Crippen LogP contribution in [0.2, 0.25) is 0 Å². The average Bonchev–Trinajstić information content (AvgIpc) is 3.65. The first-order chi connectivity index (χ1) is 16.0. The molecule has 0 bridgehead atoms. The van der Waals surface area contributed by atoms with E-state index in [0.717, 1.165) is 25.9 Å². The van der Waals surface area contributed by atoms with Crippen molar-refractivity contribution in [1.82, 2.24) is 15.3 Å². The molecule has 2 fully saturated rings. The van der Waals surface area contributed by atoms with Crippen LogP contribution in [0.5, 0.6) is 5.75 Å². The van der Waals surface area contributed by atoms with E-state index in [9.17, 15) is 14.7 Å². The minimum absolute atomic E-state index is 0.0781. The Morgan fingerprint density at radius 1 is 1.21 bits per heavy atom. The number of aromatic hydroxyl groups is 1. The van der Waals surface area contributed by atoms with Gasteiger partial charge in [-0.3, -0.25) is 9.59 Å². The van der Waals surface area contributed by atoms with Gasteiger partial charge in [-0.1, -0.05) is 12.1 Å². The van der Waals surface area contributed by atoms with Crippen LogP contribution in [-0.4, -0.2) is 48.0 Å². The molecule has 0 spiro atoms. The molecule has 1 saturated heterocycles. The number of nitrogens with one attached hydrogen (secondary N) is 2. The van der Waals surface area contributed by atoms with Gasteiger partial charge in [-0.2, -0.15) is 5.10 Å². The quantitative estimate of drug-likeness (QED) is 0.410. The molecule has 2 aliphatic rings. The van der Waals surface area contributed by atoms with Crippen molar-refractivity contribution in [2.75, 3.05) is 31.1 Å². The monoisotopic (exact) mass is 449 g/mol. The lowest BCUT2D eigenvalue weighted by molar-refractivity contribution is 0.0953. The highest BCUT2D eigenvalue weighted by Gasteiger charge is 2.28. The Morgan fingerprint density at radius 3 is 2.73 bits per heavy atom. The van der Waals surface area contributed by atoms with E-state index in [2.05, 4.69) is 15.8 Å². The van der Waals surface area contributed by atoms with E-state index in [4.69, 9.17) is 0 Å². The standard InChI is InChI=1S/C24H24FN5O3/c25-20-11-18-21(12-22(20)29-8-6-26-7-9-29)30(16-4-5-16)14-19(23(18)32)24(33)28-27-13-15-2-1-3-17(31)10-15/h1-3,10-14,16,26,31H,4-9H2,(H,28,33)/b27-13-. The summed E-state index contributed by atoms with van der Waals surface area (Å²) < 4.78 is 16.9. The molecule has 1 amide bonds. The second-order valence-corrected chi connectivity index (χ2v) is 8.36. The van der Waals surface area contributed by atoms with Crippen LogP contribution < -0.4 is 21.1 Å². The van der Waals surface area contributed by atoms with Crippen LogP contribution >= 0.6 is 0 Å². The summed E-state index contributed by atoms with van der Waals surface area (Å²) in [5.74, 6) is -1.06. The second kappa shape index (κ2) is 8.67. The summed E-state index contributed by atoms with van der Waals surface area (Å²) in [5, 5.41) is 16.8. The number of hydrogen-bond acceptors (Lipinski definition) is 6. The highest BCUT2D eigenvalue weighted by atomic mass is 19.1. The fourth-order valence-corrected chi connectivity index (χ4v) is 4.15. The molecule has 0 unspecified atom stereocenters. The Kier molecular flexibility index (Phi) is 5.55. The number of benzene rings is 2. The molecule has 8 nitrogen and oxygen atoms in total. The number of hydrogen-bond donors (Lipinski definition) is 3. The molecule has 170 valence electrons.